The number of rotatable bonds is 21. The molecule has 2 aromatic carbocycles. The molecule has 0 radical (unpaired) electrons. The van der Waals surface area contributed by atoms with Crippen molar-refractivity contribution >= 4 is 34.1 Å². The molecule has 268 valence electrons. The second kappa shape index (κ2) is 20.6. The highest BCUT2D eigenvalue weighted by Crippen LogP contribution is 2.19. The van der Waals surface area contributed by atoms with Crippen LogP contribution in [0, 0.1) is 6.92 Å². The lowest BCUT2D eigenvalue weighted by Crippen LogP contribution is -2.34. The SMILES string of the molecule is Cc1ccc(S(=O)(=O)OCCOCCOCCOCCOCCOc2ccc(/C=C/c3ccc(N(C)C(=O)OC(C)(C)C)cc3)cn2)cc1. The molecule has 1 amide bonds. The molecule has 12 nitrogen and oxygen atoms in total. The number of carbonyl (C=O) groups excluding carboxylic acids is 1. The number of amides is 1. The highest BCUT2D eigenvalue weighted by Gasteiger charge is 2.20. The van der Waals surface area contributed by atoms with Gasteiger partial charge >= 0.3 is 6.09 Å². The number of ether oxygens (including phenoxy) is 6. The van der Waals surface area contributed by atoms with Crippen molar-refractivity contribution in [3.8, 4) is 5.88 Å². The third-order valence-corrected chi connectivity index (χ3v) is 7.87. The van der Waals surface area contributed by atoms with Gasteiger partial charge in [-0.1, -0.05) is 42.0 Å². The Balaban J connectivity index is 1.15. The van der Waals surface area contributed by atoms with Gasteiger partial charge in [0.2, 0.25) is 5.88 Å². The minimum Gasteiger partial charge on any atom is -0.475 e. The van der Waals surface area contributed by atoms with Crippen LogP contribution in [0.2, 0.25) is 0 Å². The van der Waals surface area contributed by atoms with E-state index in [2.05, 4.69) is 4.98 Å². The molecule has 0 spiro atoms. The first-order valence-corrected chi connectivity index (χ1v) is 17.4. The third-order valence-electron chi connectivity index (χ3n) is 6.54. The van der Waals surface area contributed by atoms with E-state index in [4.69, 9.17) is 32.6 Å². The lowest BCUT2D eigenvalue weighted by molar-refractivity contribution is -0.00693. The van der Waals surface area contributed by atoms with E-state index in [1.807, 2.05) is 70.2 Å². The Morgan fingerprint density at radius 1 is 0.714 bits per heavy atom. The Kier molecular flexibility index (Phi) is 16.7. The molecule has 0 aliphatic carbocycles. The van der Waals surface area contributed by atoms with E-state index in [1.54, 1.807) is 31.4 Å². The van der Waals surface area contributed by atoms with Gasteiger partial charge < -0.3 is 28.4 Å². The van der Waals surface area contributed by atoms with Gasteiger partial charge in [-0.15, -0.1) is 0 Å². The van der Waals surface area contributed by atoms with Crippen LogP contribution in [0.4, 0.5) is 10.5 Å². The average Bonchev–Trinajstić information content (AvgIpc) is 3.07. The van der Waals surface area contributed by atoms with E-state index in [1.165, 1.54) is 17.0 Å². The molecule has 0 unspecified atom stereocenters. The van der Waals surface area contributed by atoms with Crippen LogP contribution >= 0.6 is 0 Å². The molecule has 0 fully saturated rings. The van der Waals surface area contributed by atoms with Crippen molar-refractivity contribution in [3.05, 3.63) is 83.6 Å². The number of pyridine rings is 1. The van der Waals surface area contributed by atoms with Gasteiger partial charge in [-0.05, 0) is 69.2 Å². The summed E-state index contributed by atoms with van der Waals surface area (Å²) >= 11 is 0. The molecular weight excluding hydrogens is 652 g/mol. The van der Waals surface area contributed by atoms with Crippen LogP contribution < -0.4 is 9.64 Å². The van der Waals surface area contributed by atoms with Gasteiger partial charge in [0.25, 0.3) is 10.1 Å². The summed E-state index contributed by atoms with van der Waals surface area (Å²) in [5.74, 6) is 0.507. The van der Waals surface area contributed by atoms with Gasteiger partial charge in [-0.2, -0.15) is 8.42 Å². The second-order valence-corrected chi connectivity index (χ2v) is 13.4. The van der Waals surface area contributed by atoms with Gasteiger partial charge in [0.15, 0.2) is 0 Å². The standard InChI is InChI=1S/C36H48N2O10S/c1-29-6-15-33(16-7-29)49(40,41)47-27-25-45-23-21-43-19-18-42-20-22-44-24-26-46-34-17-12-31(28-37-34)9-8-30-10-13-32(14-11-30)38(5)35(39)48-36(2,3)4/h6-17,28H,18-27H2,1-5H3/b9-8+. The molecule has 3 aromatic rings. The lowest BCUT2D eigenvalue weighted by Gasteiger charge is -2.24. The minimum atomic E-state index is -3.78. The van der Waals surface area contributed by atoms with Crippen molar-refractivity contribution in [2.45, 2.75) is 38.2 Å². The van der Waals surface area contributed by atoms with Gasteiger partial charge in [0.05, 0.1) is 64.4 Å². The zero-order valence-corrected chi connectivity index (χ0v) is 29.8. The van der Waals surface area contributed by atoms with Crippen LogP contribution in [0.5, 0.6) is 5.88 Å². The fourth-order valence-corrected chi connectivity index (χ4v) is 4.85. The van der Waals surface area contributed by atoms with Crippen LogP contribution in [0.1, 0.15) is 37.5 Å². The molecule has 49 heavy (non-hydrogen) atoms. The van der Waals surface area contributed by atoms with Crippen molar-refractivity contribution in [1.82, 2.24) is 4.98 Å². The van der Waals surface area contributed by atoms with Gasteiger partial charge in [-0.3, -0.25) is 9.08 Å². The summed E-state index contributed by atoms with van der Waals surface area (Å²) < 4.78 is 62.0. The van der Waals surface area contributed by atoms with Gasteiger partial charge in [-0.25, -0.2) is 9.78 Å². The van der Waals surface area contributed by atoms with Crippen molar-refractivity contribution in [2.24, 2.45) is 0 Å². The lowest BCUT2D eigenvalue weighted by atomic mass is 10.1. The summed E-state index contributed by atoms with van der Waals surface area (Å²) in [6, 6.07) is 17.8. The van der Waals surface area contributed by atoms with E-state index in [9.17, 15) is 13.2 Å². The second-order valence-electron chi connectivity index (χ2n) is 11.8. The van der Waals surface area contributed by atoms with Crippen molar-refractivity contribution in [3.63, 3.8) is 0 Å². The molecule has 13 heteroatoms. The smallest absolute Gasteiger partial charge is 0.414 e. The van der Waals surface area contributed by atoms with Gasteiger partial charge in [0.1, 0.15) is 12.2 Å². The quantitative estimate of drug-likeness (QED) is 0.0990. The first-order chi connectivity index (χ1) is 23.4. The summed E-state index contributed by atoms with van der Waals surface area (Å²) in [5.41, 5.74) is 3.06. The average molecular weight is 701 g/mol. The molecule has 0 aliphatic heterocycles. The van der Waals surface area contributed by atoms with Crippen molar-refractivity contribution in [1.29, 1.82) is 0 Å². The molecule has 0 saturated carbocycles. The Bertz CT molecular complexity index is 1520. The topological polar surface area (TPSA) is 132 Å². The third kappa shape index (κ3) is 15.9. The number of aromatic nitrogens is 1. The number of anilines is 1. The maximum atomic E-state index is 12.3. The first kappa shape index (κ1) is 39.6. The summed E-state index contributed by atoms with van der Waals surface area (Å²) in [7, 11) is -2.10. The summed E-state index contributed by atoms with van der Waals surface area (Å²) in [6.45, 7) is 10.6. The Labute approximate surface area is 290 Å². The fraction of sp³-hybridized carbons (Fsp3) is 0.444. The monoisotopic (exact) mass is 700 g/mol. The van der Waals surface area contributed by atoms with Crippen LogP contribution in [-0.4, -0.2) is 98.2 Å². The summed E-state index contributed by atoms with van der Waals surface area (Å²) in [4.78, 5) is 18.2. The molecule has 1 aromatic heterocycles. The predicted molar refractivity (Wildman–Crippen MR) is 187 cm³/mol. The highest BCUT2D eigenvalue weighted by atomic mass is 32.2. The Hall–Kier alpha value is -3.85. The highest BCUT2D eigenvalue weighted by molar-refractivity contribution is 7.86. The minimum absolute atomic E-state index is 0.0677. The zero-order valence-electron chi connectivity index (χ0n) is 29.0. The van der Waals surface area contributed by atoms with Crippen LogP contribution in [-0.2, 0) is 38.0 Å². The van der Waals surface area contributed by atoms with Crippen LogP contribution in [0.25, 0.3) is 12.2 Å². The number of hydrogen-bond donors (Lipinski definition) is 0. The van der Waals surface area contributed by atoms with Gasteiger partial charge in [0, 0.05) is 25.0 Å². The Morgan fingerprint density at radius 2 is 1.22 bits per heavy atom. The number of aryl methyl sites for hydroxylation is 1. The number of nitrogens with zero attached hydrogens (tertiary/aromatic N) is 2. The number of carbonyl (C=O) groups is 1. The number of benzene rings is 2. The van der Waals surface area contributed by atoms with E-state index in [0.717, 1.165) is 22.4 Å². The molecule has 1 heterocycles. The predicted octanol–water partition coefficient (Wildman–Crippen LogP) is 5.78. The summed E-state index contributed by atoms with van der Waals surface area (Å²) in [5, 5.41) is 0. The molecular formula is C36H48N2O10S. The molecule has 3 rings (SSSR count). The fourth-order valence-electron chi connectivity index (χ4n) is 3.96. The zero-order chi connectivity index (χ0) is 35.5. The van der Waals surface area contributed by atoms with E-state index in [-0.39, 0.29) is 18.1 Å². The maximum Gasteiger partial charge on any atom is 0.414 e. The maximum absolute atomic E-state index is 12.3. The number of hydrogen-bond acceptors (Lipinski definition) is 11. The molecule has 0 N–H and O–H groups in total. The summed E-state index contributed by atoms with van der Waals surface area (Å²) in [6.07, 6.45) is 5.25. The molecule has 0 saturated heterocycles. The normalized spacial score (nSPS) is 11.9. The van der Waals surface area contributed by atoms with Crippen molar-refractivity contribution in [2.75, 3.05) is 78.0 Å². The van der Waals surface area contributed by atoms with Crippen LogP contribution in [0.15, 0.2) is 71.8 Å². The van der Waals surface area contributed by atoms with Crippen molar-refractivity contribution < 1.29 is 45.8 Å². The van der Waals surface area contributed by atoms with E-state index in [0.29, 0.717) is 58.7 Å². The van der Waals surface area contributed by atoms with E-state index >= 15 is 0 Å². The molecule has 0 aliphatic rings. The first-order valence-electron chi connectivity index (χ1n) is 16.0. The largest absolute Gasteiger partial charge is 0.475 e. The molecule has 0 bridgehead atoms. The van der Waals surface area contributed by atoms with E-state index < -0.39 is 21.8 Å². The molecule has 0 atom stereocenters. The Morgan fingerprint density at radius 3 is 1.76 bits per heavy atom. The van der Waals surface area contributed by atoms with Crippen LogP contribution in [0.3, 0.4) is 0 Å².